The Hall–Kier alpha value is -1.31. The van der Waals surface area contributed by atoms with Gasteiger partial charge in [-0.15, -0.1) is 0 Å². The fourth-order valence-electron chi connectivity index (χ4n) is 1.02. The molecule has 2 aromatic heterocycles. The number of aromatic nitrogens is 2. The van der Waals surface area contributed by atoms with Crippen molar-refractivity contribution in [3.63, 3.8) is 0 Å². The van der Waals surface area contributed by atoms with Crippen molar-refractivity contribution in [3.8, 4) is 0 Å². The summed E-state index contributed by atoms with van der Waals surface area (Å²) in [5.41, 5.74) is 2.12. The normalized spacial score (nSPS) is 10.5. The number of pyridine rings is 1. The third-order valence-electron chi connectivity index (χ3n) is 1.55. The van der Waals surface area contributed by atoms with Crippen LogP contribution < -0.4 is 0 Å². The van der Waals surface area contributed by atoms with Gasteiger partial charge in [0, 0.05) is 5.69 Å². The highest BCUT2D eigenvalue weighted by atomic mass is 15.0. The van der Waals surface area contributed by atoms with Crippen molar-refractivity contribution in [1.29, 1.82) is 0 Å². The van der Waals surface area contributed by atoms with E-state index in [0.717, 1.165) is 11.3 Å². The van der Waals surface area contributed by atoms with Crippen LogP contribution in [-0.2, 0) is 0 Å². The minimum atomic E-state index is 0.958. The number of hydrogen-bond acceptors (Lipinski definition) is 1. The predicted molar refractivity (Wildman–Crippen MR) is 38.8 cm³/mol. The van der Waals surface area contributed by atoms with Gasteiger partial charge in [-0.3, -0.25) is 4.40 Å². The van der Waals surface area contributed by atoms with Gasteiger partial charge in [0.15, 0.2) is 0 Å². The third-order valence-corrected chi connectivity index (χ3v) is 1.55. The molecule has 0 bridgehead atoms. The van der Waals surface area contributed by atoms with Gasteiger partial charge in [-0.2, -0.15) is 0 Å². The van der Waals surface area contributed by atoms with Crippen LogP contribution in [-0.4, -0.2) is 9.38 Å². The smallest absolute Gasteiger partial charge is 0.137 e. The van der Waals surface area contributed by atoms with Crippen LogP contribution in [0.1, 0.15) is 5.69 Å². The van der Waals surface area contributed by atoms with Crippen molar-refractivity contribution in [2.24, 2.45) is 0 Å². The van der Waals surface area contributed by atoms with Gasteiger partial charge >= 0.3 is 0 Å². The third kappa shape index (κ3) is 0.620. The Labute approximate surface area is 59.1 Å². The van der Waals surface area contributed by atoms with E-state index >= 15 is 0 Å². The van der Waals surface area contributed by atoms with E-state index in [0.29, 0.717) is 0 Å². The maximum absolute atomic E-state index is 4.09. The topological polar surface area (TPSA) is 17.3 Å². The summed E-state index contributed by atoms with van der Waals surface area (Å²) in [6.07, 6.45) is 4.68. The first kappa shape index (κ1) is 5.47. The van der Waals surface area contributed by atoms with Gasteiger partial charge in [-0.1, -0.05) is 6.07 Å². The first-order valence-electron chi connectivity index (χ1n) is 3.19. The molecule has 2 rings (SSSR count). The zero-order chi connectivity index (χ0) is 6.97. The highest BCUT2D eigenvalue weighted by molar-refractivity contribution is 5.38. The average Bonchev–Trinajstić information content (AvgIpc) is 2.36. The van der Waals surface area contributed by atoms with Crippen LogP contribution in [0.25, 0.3) is 5.65 Å². The SMILES string of the molecule is Cc1cccc2nc[c]n12. The van der Waals surface area contributed by atoms with E-state index in [1.54, 1.807) is 6.20 Å². The molecule has 2 nitrogen and oxygen atoms in total. The monoisotopic (exact) mass is 131 g/mol. The van der Waals surface area contributed by atoms with E-state index in [1.165, 1.54) is 0 Å². The lowest BCUT2D eigenvalue weighted by molar-refractivity contribution is 1.09. The van der Waals surface area contributed by atoms with E-state index in [-0.39, 0.29) is 0 Å². The fraction of sp³-hybridized carbons (Fsp3) is 0.125. The van der Waals surface area contributed by atoms with E-state index in [9.17, 15) is 0 Å². The van der Waals surface area contributed by atoms with Gasteiger partial charge in [0.05, 0.1) is 12.4 Å². The van der Waals surface area contributed by atoms with Crippen LogP contribution in [0.3, 0.4) is 0 Å². The quantitative estimate of drug-likeness (QED) is 0.529. The van der Waals surface area contributed by atoms with Crippen LogP contribution in [0.5, 0.6) is 0 Å². The van der Waals surface area contributed by atoms with Crippen molar-refractivity contribution in [2.45, 2.75) is 6.92 Å². The molecule has 0 saturated carbocycles. The Morgan fingerprint density at radius 1 is 1.50 bits per heavy atom. The fourth-order valence-corrected chi connectivity index (χ4v) is 1.02. The molecule has 10 heavy (non-hydrogen) atoms. The number of aryl methyl sites for hydroxylation is 1. The number of hydrogen-bond donors (Lipinski definition) is 0. The maximum Gasteiger partial charge on any atom is 0.137 e. The molecule has 0 N–H and O–H groups in total. The Balaban J connectivity index is 2.95. The van der Waals surface area contributed by atoms with E-state index in [4.69, 9.17) is 0 Å². The lowest BCUT2D eigenvalue weighted by atomic mass is 10.4. The molecule has 0 aliphatic carbocycles. The summed E-state index contributed by atoms with van der Waals surface area (Å²) in [4.78, 5) is 4.09. The number of nitrogens with zero attached hydrogens (tertiary/aromatic N) is 2. The summed E-state index contributed by atoms with van der Waals surface area (Å²) in [5.74, 6) is 0. The van der Waals surface area contributed by atoms with Gasteiger partial charge in [-0.25, -0.2) is 4.98 Å². The lowest BCUT2D eigenvalue weighted by Crippen LogP contribution is -1.87. The van der Waals surface area contributed by atoms with Crippen LogP contribution in [0.2, 0.25) is 0 Å². The molecule has 0 fully saturated rings. The van der Waals surface area contributed by atoms with Crippen molar-refractivity contribution < 1.29 is 0 Å². The second kappa shape index (κ2) is 1.84. The molecule has 49 valence electrons. The van der Waals surface area contributed by atoms with Crippen molar-refractivity contribution in [3.05, 3.63) is 36.3 Å². The molecule has 2 heteroatoms. The van der Waals surface area contributed by atoms with E-state index in [1.807, 2.05) is 29.5 Å². The van der Waals surface area contributed by atoms with E-state index in [2.05, 4.69) is 11.2 Å². The van der Waals surface area contributed by atoms with Gasteiger partial charge in [0.1, 0.15) is 5.65 Å². The standard InChI is InChI=1S/C8H7N2/c1-7-3-2-4-8-9-5-6-10(7)8/h2-5H,1H3. The average molecular weight is 131 g/mol. The molecule has 0 atom stereocenters. The summed E-state index contributed by atoms with van der Waals surface area (Å²) in [7, 11) is 0. The summed E-state index contributed by atoms with van der Waals surface area (Å²) >= 11 is 0. The lowest BCUT2D eigenvalue weighted by Gasteiger charge is -1.95. The highest BCUT2D eigenvalue weighted by Crippen LogP contribution is 2.02. The molecule has 2 heterocycles. The molecule has 0 aliphatic heterocycles. The van der Waals surface area contributed by atoms with Gasteiger partial charge < -0.3 is 0 Å². The zero-order valence-electron chi connectivity index (χ0n) is 5.70. The van der Waals surface area contributed by atoms with Crippen LogP contribution >= 0.6 is 0 Å². The van der Waals surface area contributed by atoms with Crippen LogP contribution in [0.4, 0.5) is 0 Å². The summed E-state index contributed by atoms with van der Waals surface area (Å²) < 4.78 is 1.93. The molecular formula is C8H7N2. The molecule has 0 unspecified atom stereocenters. The molecule has 1 radical (unpaired) electrons. The predicted octanol–water partition coefficient (Wildman–Crippen LogP) is 1.44. The largest absolute Gasteiger partial charge is 0.295 e. The zero-order valence-corrected chi connectivity index (χ0v) is 5.70. The number of fused-ring (bicyclic) bond motifs is 1. The maximum atomic E-state index is 4.09. The summed E-state index contributed by atoms with van der Waals surface area (Å²) in [6, 6.07) is 5.99. The number of imidazole rings is 1. The summed E-state index contributed by atoms with van der Waals surface area (Å²) in [6.45, 7) is 2.03. The van der Waals surface area contributed by atoms with Crippen molar-refractivity contribution in [1.82, 2.24) is 9.38 Å². The van der Waals surface area contributed by atoms with E-state index < -0.39 is 0 Å². The Bertz CT molecular complexity index is 349. The molecule has 0 spiro atoms. The van der Waals surface area contributed by atoms with Gasteiger partial charge in [0.2, 0.25) is 0 Å². The second-order valence-corrected chi connectivity index (χ2v) is 2.25. The van der Waals surface area contributed by atoms with Crippen LogP contribution in [0, 0.1) is 13.1 Å². The minimum Gasteiger partial charge on any atom is -0.295 e. The molecule has 0 amide bonds. The first-order valence-corrected chi connectivity index (χ1v) is 3.19. The molecule has 0 aromatic carbocycles. The van der Waals surface area contributed by atoms with Crippen LogP contribution in [0.15, 0.2) is 24.4 Å². The summed E-state index contributed by atoms with van der Waals surface area (Å²) in [5, 5.41) is 0. The van der Waals surface area contributed by atoms with Crippen molar-refractivity contribution >= 4 is 5.65 Å². The number of rotatable bonds is 0. The minimum absolute atomic E-state index is 0.958. The second-order valence-electron chi connectivity index (χ2n) is 2.25. The Morgan fingerprint density at radius 3 is 3.20 bits per heavy atom. The molecule has 0 aliphatic rings. The molecule has 0 saturated heterocycles. The molecule has 2 aromatic rings. The van der Waals surface area contributed by atoms with Gasteiger partial charge in [-0.05, 0) is 19.1 Å². The Morgan fingerprint density at radius 2 is 2.40 bits per heavy atom. The first-order chi connectivity index (χ1) is 4.88. The van der Waals surface area contributed by atoms with Gasteiger partial charge in [0.25, 0.3) is 0 Å². The van der Waals surface area contributed by atoms with Crippen molar-refractivity contribution in [2.75, 3.05) is 0 Å². The molecular weight excluding hydrogens is 124 g/mol. The Kier molecular flexibility index (Phi) is 1.01. The highest BCUT2D eigenvalue weighted by Gasteiger charge is 1.92.